The molecule has 1 saturated heterocycles. The lowest BCUT2D eigenvalue weighted by Crippen LogP contribution is -2.29. The highest BCUT2D eigenvalue weighted by atomic mass is 19.1. The van der Waals surface area contributed by atoms with Crippen molar-refractivity contribution in [3.63, 3.8) is 0 Å². The molecule has 1 fully saturated rings. The largest absolute Gasteiger partial charge is 0.489 e. The summed E-state index contributed by atoms with van der Waals surface area (Å²) in [7, 11) is 0. The van der Waals surface area contributed by atoms with Gasteiger partial charge in [0.15, 0.2) is 0 Å². The van der Waals surface area contributed by atoms with Crippen LogP contribution >= 0.6 is 0 Å². The van der Waals surface area contributed by atoms with Crippen LogP contribution in [0.15, 0.2) is 48.5 Å². The Morgan fingerprint density at radius 1 is 1.17 bits per heavy atom. The van der Waals surface area contributed by atoms with Crippen molar-refractivity contribution in [3.05, 3.63) is 59.9 Å². The third-order valence-electron chi connectivity index (χ3n) is 3.81. The van der Waals surface area contributed by atoms with E-state index in [-0.39, 0.29) is 17.6 Å². The molecule has 0 aliphatic carbocycles. The first-order chi connectivity index (χ1) is 11.6. The summed E-state index contributed by atoms with van der Waals surface area (Å²) >= 11 is 0. The molecule has 0 aromatic heterocycles. The van der Waals surface area contributed by atoms with E-state index in [0.717, 1.165) is 5.56 Å². The van der Waals surface area contributed by atoms with Crippen molar-refractivity contribution in [2.75, 3.05) is 11.9 Å². The second-order valence-electron chi connectivity index (χ2n) is 5.56. The van der Waals surface area contributed by atoms with Gasteiger partial charge >= 0.3 is 0 Å². The number of hydrogen-bond donors (Lipinski definition) is 2. The standard InChI is InChI=1S/C18H17FN2O3/c19-13-3-1-12(2-4-13)11-24-15-7-5-14(6-8-15)21-18(23)16-9-10-20-17(16)22/h1-8,16H,9-11H2,(H,20,22)(H,21,23). The summed E-state index contributed by atoms with van der Waals surface area (Å²) in [6.07, 6.45) is 0.517. The van der Waals surface area contributed by atoms with E-state index in [1.807, 2.05) is 0 Å². The monoisotopic (exact) mass is 328 g/mol. The normalized spacial score (nSPS) is 16.5. The molecule has 3 rings (SSSR count). The van der Waals surface area contributed by atoms with Crippen molar-refractivity contribution in [2.45, 2.75) is 13.0 Å². The fraction of sp³-hybridized carbons (Fsp3) is 0.222. The third kappa shape index (κ3) is 3.90. The van der Waals surface area contributed by atoms with Crippen LogP contribution in [0.1, 0.15) is 12.0 Å². The lowest BCUT2D eigenvalue weighted by Gasteiger charge is -2.10. The van der Waals surface area contributed by atoms with Gasteiger partial charge in [-0.05, 0) is 48.4 Å². The van der Waals surface area contributed by atoms with Crippen molar-refractivity contribution in [1.82, 2.24) is 5.32 Å². The van der Waals surface area contributed by atoms with Gasteiger partial charge in [0.2, 0.25) is 11.8 Å². The molecule has 0 saturated carbocycles. The van der Waals surface area contributed by atoms with Gasteiger partial charge in [0.1, 0.15) is 24.1 Å². The maximum atomic E-state index is 12.8. The lowest BCUT2D eigenvalue weighted by atomic mass is 10.1. The quantitative estimate of drug-likeness (QED) is 0.829. The summed E-state index contributed by atoms with van der Waals surface area (Å²) in [5.74, 6) is -0.804. The predicted octanol–water partition coefficient (Wildman–Crippen LogP) is 2.48. The highest BCUT2D eigenvalue weighted by molar-refractivity contribution is 6.07. The number of ether oxygens (including phenoxy) is 1. The van der Waals surface area contributed by atoms with E-state index in [1.165, 1.54) is 12.1 Å². The molecule has 124 valence electrons. The molecule has 1 atom stereocenters. The molecular weight excluding hydrogens is 311 g/mol. The highest BCUT2D eigenvalue weighted by Gasteiger charge is 2.30. The Kier molecular flexibility index (Phi) is 4.74. The summed E-state index contributed by atoms with van der Waals surface area (Å²) in [6, 6.07) is 13.0. The molecule has 1 unspecified atom stereocenters. The van der Waals surface area contributed by atoms with Gasteiger partial charge in [-0.3, -0.25) is 9.59 Å². The summed E-state index contributed by atoms with van der Waals surface area (Å²) in [5, 5.41) is 5.36. The molecule has 1 heterocycles. The van der Waals surface area contributed by atoms with Crippen LogP contribution in [-0.2, 0) is 16.2 Å². The van der Waals surface area contributed by atoms with E-state index in [2.05, 4.69) is 10.6 Å². The summed E-state index contributed by atoms with van der Waals surface area (Å²) in [4.78, 5) is 23.5. The number of amides is 2. The average Bonchev–Trinajstić information content (AvgIpc) is 3.02. The van der Waals surface area contributed by atoms with E-state index in [0.29, 0.717) is 31.0 Å². The summed E-state index contributed by atoms with van der Waals surface area (Å²) in [6.45, 7) is 0.862. The molecule has 6 heteroatoms. The van der Waals surface area contributed by atoms with Crippen LogP contribution in [-0.4, -0.2) is 18.4 Å². The molecule has 2 aromatic carbocycles. The number of nitrogens with one attached hydrogen (secondary N) is 2. The van der Waals surface area contributed by atoms with Crippen LogP contribution in [0.3, 0.4) is 0 Å². The topological polar surface area (TPSA) is 67.4 Å². The molecule has 2 amide bonds. The van der Waals surface area contributed by atoms with Crippen LogP contribution in [0.2, 0.25) is 0 Å². The number of anilines is 1. The van der Waals surface area contributed by atoms with E-state index in [1.54, 1.807) is 36.4 Å². The first-order valence-corrected chi connectivity index (χ1v) is 7.68. The van der Waals surface area contributed by atoms with Gasteiger partial charge in [-0.25, -0.2) is 4.39 Å². The SMILES string of the molecule is O=C1NCCC1C(=O)Nc1ccc(OCc2ccc(F)cc2)cc1. The number of benzene rings is 2. The van der Waals surface area contributed by atoms with Crippen molar-refractivity contribution < 1.29 is 18.7 Å². The lowest BCUT2D eigenvalue weighted by molar-refractivity contribution is -0.130. The van der Waals surface area contributed by atoms with Crippen LogP contribution < -0.4 is 15.4 Å². The van der Waals surface area contributed by atoms with E-state index in [4.69, 9.17) is 4.74 Å². The van der Waals surface area contributed by atoms with E-state index < -0.39 is 5.92 Å². The van der Waals surface area contributed by atoms with E-state index >= 15 is 0 Å². The third-order valence-corrected chi connectivity index (χ3v) is 3.81. The highest BCUT2D eigenvalue weighted by Crippen LogP contribution is 2.19. The number of halogens is 1. The van der Waals surface area contributed by atoms with Crippen molar-refractivity contribution in [2.24, 2.45) is 5.92 Å². The minimum atomic E-state index is -0.626. The average molecular weight is 328 g/mol. The Balaban J connectivity index is 1.54. The van der Waals surface area contributed by atoms with Crippen LogP contribution in [0.25, 0.3) is 0 Å². The Morgan fingerprint density at radius 2 is 1.88 bits per heavy atom. The molecule has 0 bridgehead atoms. The van der Waals surface area contributed by atoms with Crippen molar-refractivity contribution in [1.29, 1.82) is 0 Å². The van der Waals surface area contributed by atoms with Crippen molar-refractivity contribution >= 4 is 17.5 Å². The maximum Gasteiger partial charge on any atom is 0.237 e. The molecule has 2 aromatic rings. The molecule has 0 spiro atoms. The number of hydrogen-bond acceptors (Lipinski definition) is 3. The molecular formula is C18H17FN2O3. The van der Waals surface area contributed by atoms with E-state index in [9.17, 15) is 14.0 Å². The van der Waals surface area contributed by atoms with Crippen molar-refractivity contribution in [3.8, 4) is 5.75 Å². The molecule has 24 heavy (non-hydrogen) atoms. The fourth-order valence-corrected chi connectivity index (χ4v) is 2.46. The smallest absolute Gasteiger partial charge is 0.237 e. The van der Waals surface area contributed by atoms with Crippen LogP contribution in [0.4, 0.5) is 10.1 Å². The van der Waals surface area contributed by atoms with Gasteiger partial charge < -0.3 is 15.4 Å². The van der Waals surface area contributed by atoms with Gasteiger partial charge in [0.25, 0.3) is 0 Å². The Bertz CT molecular complexity index is 729. The Hall–Kier alpha value is -2.89. The van der Waals surface area contributed by atoms with Crippen LogP contribution in [0.5, 0.6) is 5.75 Å². The minimum absolute atomic E-state index is 0.230. The Labute approximate surface area is 138 Å². The van der Waals surface area contributed by atoms with Gasteiger partial charge in [0, 0.05) is 12.2 Å². The van der Waals surface area contributed by atoms with Crippen LogP contribution in [0, 0.1) is 11.7 Å². The van der Waals surface area contributed by atoms with Gasteiger partial charge in [-0.15, -0.1) is 0 Å². The molecule has 5 nitrogen and oxygen atoms in total. The zero-order valence-corrected chi connectivity index (χ0v) is 12.9. The van der Waals surface area contributed by atoms with Gasteiger partial charge in [-0.1, -0.05) is 12.1 Å². The molecule has 2 N–H and O–H groups in total. The first kappa shape index (κ1) is 16.0. The second kappa shape index (κ2) is 7.12. The zero-order valence-electron chi connectivity index (χ0n) is 12.9. The number of carbonyl (C=O) groups excluding carboxylic acids is 2. The molecule has 0 radical (unpaired) electrons. The maximum absolute atomic E-state index is 12.8. The van der Waals surface area contributed by atoms with Gasteiger partial charge in [0.05, 0.1) is 0 Å². The number of carbonyl (C=O) groups is 2. The molecule has 1 aliphatic rings. The fourth-order valence-electron chi connectivity index (χ4n) is 2.46. The Morgan fingerprint density at radius 3 is 2.50 bits per heavy atom. The molecule has 1 aliphatic heterocycles. The predicted molar refractivity (Wildman–Crippen MR) is 86.9 cm³/mol. The number of rotatable bonds is 5. The summed E-state index contributed by atoms with van der Waals surface area (Å²) in [5.41, 5.74) is 1.47. The zero-order chi connectivity index (χ0) is 16.9. The summed E-state index contributed by atoms with van der Waals surface area (Å²) < 4.78 is 18.4. The minimum Gasteiger partial charge on any atom is -0.489 e. The van der Waals surface area contributed by atoms with Gasteiger partial charge in [-0.2, -0.15) is 0 Å². The first-order valence-electron chi connectivity index (χ1n) is 7.68. The second-order valence-corrected chi connectivity index (χ2v) is 5.56.